The van der Waals surface area contributed by atoms with Crippen LogP contribution >= 0.6 is 43.2 Å². The molecular formula is C16H16Br2S. The lowest BCUT2D eigenvalue weighted by atomic mass is 9.82. The molecule has 0 nitrogen and oxygen atoms in total. The molecule has 3 rings (SSSR count). The normalized spacial score (nSPS) is 20.1. The molecule has 2 aromatic rings. The van der Waals surface area contributed by atoms with Crippen LogP contribution in [-0.2, 0) is 12.8 Å². The van der Waals surface area contributed by atoms with Crippen LogP contribution in [0.25, 0.3) is 0 Å². The van der Waals surface area contributed by atoms with E-state index in [0.717, 1.165) is 0 Å². The summed E-state index contributed by atoms with van der Waals surface area (Å²) in [6.07, 6.45) is 3.69. The Morgan fingerprint density at radius 1 is 1.26 bits per heavy atom. The molecule has 2 unspecified atom stereocenters. The Labute approximate surface area is 135 Å². The molecule has 0 N–H and O–H groups in total. The number of alkyl halides is 1. The lowest BCUT2D eigenvalue weighted by Crippen LogP contribution is -2.17. The molecule has 2 atom stereocenters. The van der Waals surface area contributed by atoms with Crippen LogP contribution in [0.2, 0.25) is 0 Å². The maximum atomic E-state index is 3.94. The van der Waals surface area contributed by atoms with Crippen LogP contribution < -0.4 is 0 Å². The highest BCUT2D eigenvalue weighted by Gasteiger charge is 2.26. The molecule has 0 radical (unpaired) electrons. The Morgan fingerprint density at radius 3 is 2.68 bits per heavy atom. The number of halogens is 2. The summed E-state index contributed by atoms with van der Waals surface area (Å²) in [5.41, 5.74) is 3.08. The van der Waals surface area contributed by atoms with Gasteiger partial charge >= 0.3 is 0 Å². The Kier molecular flexibility index (Phi) is 4.16. The number of rotatable bonds is 2. The van der Waals surface area contributed by atoms with Gasteiger partial charge in [0, 0.05) is 14.2 Å². The van der Waals surface area contributed by atoms with Crippen molar-refractivity contribution in [3.63, 3.8) is 0 Å². The minimum absolute atomic E-state index is 0.482. The van der Waals surface area contributed by atoms with Gasteiger partial charge in [0.1, 0.15) is 0 Å². The average Bonchev–Trinajstić information content (AvgIpc) is 2.77. The second-order valence-electron chi connectivity index (χ2n) is 5.23. The van der Waals surface area contributed by atoms with Crippen molar-refractivity contribution in [3.05, 3.63) is 55.7 Å². The zero-order valence-electron chi connectivity index (χ0n) is 10.8. The molecule has 0 fully saturated rings. The molecule has 0 spiro atoms. The summed E-state index contributed by atoms with van der Waals surface area (Å²) in [5, 5.41) is 0. The lowest BCUT2D eigenvalue weighted by molar-refractivity contribution is 0.456. The second-order valence-corrected chi connectivity index (χ2v) is 8.35. The lowest BCUT2D eigenvalue weighted by Gasteiger charge is -2.27. The van der Waals surface area contributed by atoms with Gasteiger partial charge in [-0.25, -0.2) is 0 Å². The summed E-state index contributed by atoms with van der Waals surface area (Å²) in [6, 6.07) is 11.2. The van der Waals surface area contributed by atoms with Crippen LogP contribution in [0.5, 0.6) is 0 Å². The zero-order chi connectivity index (χ0) is 13.4. The average molecular weight is 400 g/mol. The molecule has 0 bridgehead atoms. The fraction of sp³-hybridized carbons (Fsp3) is 0.375. The summed E-state index contributed by atoms with van der Waals surface area (Å²) < 4.78 is 1.24. The van der Waals surface area contributed by atoms with Gasteiger partial charge in [-0.3, -0.25) is 0 Å². The van der Waals surface area contributed by atoms with Crippen LogP contribution in [-0.4, -0.2) is 0 Å². The van der Waals surface area contributed by atoms with E-state index in [9.17, 15) is 0 Å². The molecule has 1 aliphatic rings. The van der Waals surface area contributed by atoms with Gasteiger partial charge in [-0.2, -0.15) is 0 Å². The number of thiophene rings is 1. The minimum atomic E-state index is 0.482. The van der Waals surface area contributed by atoms with Gasteiger partial charge in [0.2, 0.25) is 0 Å². The highest BCUT2D eigenvalue weighted by Crippen LogP contribution is 2.43. The quantitative estimate of drug-likeness (QED) is 0.538. The number of aryl methyl sites for hydroxylation is 2. The number of hydrogen-bond acceptors (Lipinski definition) is 1. The fourth-order valence-electron chi connectivity index (χ4n) is 2.83. The fourth-order valence-corrected chi connectivity index (χ4v) is 5.32. The number of fused-ring (bicyclic) bond motifs is 1. The first-order chi connectivity index (χ1) is 9.15. The van der Waals surface area contributed by atoms with Crippen molar-refractivity contribution in [2.45, 2.75) is 31.0 Å². The second kappa shape index (κ2) is 5.71. The maximum absolute atomic E-state index is 3.94. The molecule has 0 amide bonds. The van der Waals surface area contributed by atoms with Crippen LogP contribution in [0, 0.1) is 12.8 Å². The van der Waals surface area contributed by atoms with E-state index < -0.39 is 0 Å². The summed E-state index contributed by atoms with van der Waals surface area (Å²) in [7, 11) is 0. The topological polar surface area (TPSA) is 0 Å². The summed E-state index contributed by atoms with van der Waals surface area (Å²) in [5.74, 6) is 0.708. The summed E-state index contributed by atoms with van der Waals surface area (Å²) in [6.45, 7) is 2.17. The van der Waals surface area contributed by atoms with Crippen molar-refractivity contribution in [3.8, 4) is 0 Å². The van der Waals surface area contributed by atoms with Crippen LogP contribution in [0.15, 0.2) is 34.8 Å². The predicted octanol–water partition coefficient (Wildman–Crippen LogP) is 6.06. The number of benzene rings is 1. The van der Waals surface area contributed by atoms with E-state index >= 15 is 0 Å². The minimum Gasteiger partial charge on any atom is -0.143 e. The smallest absolute Gasteiger partial charge is 0.0521 e. The van der Waals surface area contributed by atoms with Gasteiger partial charge in [0.05, 0.1) is 4.83 Å². The van der Waals surface area contributed by atoms with Crippen LogP contribution in [0.1, 0.15) is 32.1 Å². The third-order valence-corrected chi connectivity index (χ3v) is 7.71. The van der Waals surface area contributed by atoms with Gasteiger partial charge < -0.3 is 0 Å². The van der Waals surface area contributed by atoms with Gasteiger partial charge in [-0.05, 0) is 65.2 Å². The van der Waals surface area contributed by atoms with Gasteiger partial charge in [0.15, 0.2) is 0 Å². The van der Waals surface area contributed by atoms with Crippen molar-refractivity contribution >= 4 is 43.2 Å². The van der Waals surface area contributed by atoms with Crippen LogP contribution in [0.3, 0.4) is 0 Å². The molecule has 1 heterocycles. The standard InChI is InChI=1S/C16H16Br2S/c1-10-14(17)9-15(19-10)16(18)13-7-6-11-4-2-3-5-12(11)8-13/h2-5,9,13,16H,6-8H2,1H3. The molecular weight excluding hydrogens is 384 g/mol. The first-order valence-electron chi connectivity index (χ1n) is 6.62. The monoisotopic (exact) mass is 398 g/mol. The number of hydrogen-bond donors (Lipinski definition) is 0. The molecule has 19 heavy (non-hydrogen) atoms. The molecule has 0 saturated carbocycles. The third kappa shape index (κ3) is 2.84. The van der Waals surface area contributed by atoms with Crippen molar-refractivity contribution < 1.29 is 0 Å². The van der Waals surface area contributed by atoms with Gasteiger partial charge in [0.25, 0.3) is 0 Å². The van der Waals surface area contributed by atoms with E-state index in [4.69, 9.17) is 0 Å². The molecule has 3 heteroatoms. The first-order valence-corrected chi connectivity index (χ1v) is 9.14. The Bertz CT molecular complexity index is 569. The van der Waals surface area contributed by atoms with E-state index in [-0.39, 0.29) is 0 Å². The van der Waals surface area contributed by atoms with Gasteiger partial charge in [-0.15, -0.1) is 11.3 Å². The molecule has 1 aromatic carbocycles. The van der Waals surface area contributed by atoms with Crippen molar-refractivity contribution in [1.82, 2.24) is 0 Å². The molecule has 0 aliphatic heterocycles. The predicted molar refractivity (Wildman–Crippen MR) is 90.4 cm³/mol. The largest absolute Gasteiger partial charge is 0.143 e. The van der Waals surface area contributed by atoms with Gasteiger partial charge in [-0.1, -0.05) is 40.2 Å². The van der Waals surface area contributed by atoms with Crippen molar-refractivity contribution in [2.75, 3.05) is 0 Å². The van der Waals surface area contributed by atoms with E-state index in [1.165, 1.54) is 39.1 Å². The van der Waals surface area contributed by atoms with E-state index in [1.54, 1.807) is 5.56 Å². The summed E-state index contributed by atoms with van der Waals surface area (Å²) >= 11 is 9.46. The Hall–Kier alpha value is -0.120. The third-order valence-electron chi connectivity index (χ3n) is 3.95. The maximum Gasteiger partial charge on any atom is 0.0521 e. The molecule has 0 saturated heterocycles. The van der Waals surface area contributed by atoms with E-state index in [0.29, 0.717) is 10.7 Å². The van der Waals surface area contributed by atoms with E-state index in [2.05, 4.69) is 69.1 Å². The highest BCUT2D eigenvalue weighted by atomic mass is 79.9. The Morgan fingerprint density at radius 2 is 2.00 bits per heavy atom. The SMILES string of the molecule is Cc1sc(C(Br)C2CCc3ccccc3C2)cc1Br. The summed E-state index contributed by atoms with van der Waals surface area (Å²) in [4.78, 5) is 3.31. The van der Waals surface area contributed by atoms with E-state index in [1.807, 2.05) is 11.3 Å². The molecule has 100 valence electrons. The molecule has 1 aromatic heterocycles. The Balaban J connectivity index is 1.81. The highest BCUT2D eigenvalue weighted by molar-refractivity contribution is 9.10. The van der Waals surface area contributed by atoms with Crippen LogP contribution in [0.4, 0.5) is 0 Å². The van der Waals surface area contributed by atoms with Crippen molar-refractivity contribution in [2.24, 2.45) is 5.92 Å². The molecule has 1 aliphatic carbocycles. The zero-order valence-corrected chi connectivity index (χ0v) is 14.8. The van der Waals surface area contributed by atoms with Crippen molar-refractivity contribution in [1.29, 1.82) is 0 Å². The first kappa shape index (κ1) is 13.8.